The van der Waals surface area contributed by atoms with E-state index in [0.29, 0.717) is 12.2 Å². The summed E-state index contributed by atoms with van der Waals surface area (Å²) in [4.78, 5) is 22.5. The van der Waals surface area contributed by atoms with Gasteiger partial charge in [0, 0.05) is 38.4 Å². The molecule has 30 heavy (non-hydrogen) atoms. The summed E-state index contributed by atoms with van der Waals surface area (Å²) in [6, 6.07) is 6.12. The number of anilines is 1. The first-order chi connectivity index (χ1) is 14.5. The second-order valence-electron chi connectivity index (χ2n) is 7.82. The highest BCUT2D eigenvalue weighted by molar-refractivity contribution is 7.22. The van der Waals surface area contributed by atoms with E-state index in [-0.39, 0.29) is 5.91 Å². The molecule has 0 N–H and O–H groups in total. The van der Waals surface area contributed by atoms with Crippen LogP contribution in [0.2, 0.25) is 0 Å². The molecular formula is C22H29N5O2S. The van der Waals surface area contributed by atoms with Crippen molar-refractivity contribution in [1.29, 1.82) is 0 Å². The average Bonchev–Trinajstić information content (AvgIpc) is 3.32. The number of rotatable bonds is 6. The van der Waals surface area contributed by atoms with Gasteiger partial charge in [-0.1, -0.05) is 17.4 Å². The Balaban J connectivity index is 1.67. The van der Waals surface area contributed by atoms with E-state index >= 15 is 0 Å². The lowest BCUT2D eigenvalue weighted by Crippen LogP contribution is -2.43. The summed E-state index contributed by atoms with van der Waals surface area (Å²) in [6.07, 6.45) is 0. The van der Waals surface area contributed by atoms with Crippen molar-refractivity contribution in [2.24, 2.45) is 0 Å². The number of ether oxygens (including phenoxy) is 1. The highest BCUT2D eigenvalue weighted by Crippen LogP contribution is 2.32. The van der Waals surface area contributed by atoms with Gasteiger partial charge in [-0.3, -0.25) is 19.3 Å². The van der Waals surface area contributed by atoms with Crippen LogP contribution in [-0.4, -0.2) is 65.0 Å². The Kier molecular flexibility index (Phi) is 6.17. The van der Waals surface area contributed by atoms with Crippen molar-refractivity contribution < 1.29 is 9.53 Å². The maximum Gasteiger partial charge on any atom is 0.280 e. The number of hydrogen-bond donors (Lipinski definition) is 0. The van der Waals surface area contributed by atoms with E-state index in [1.807, 2.05) is 24.6 Å². The van der Waals surface area contributed by atoms with Gasteiger partial charge in [0.25, 0.3) is 5.91 Å². The highest BCUT2D eigenvalue weighted by Gasteiger charge is 2.25. The fraction of sp³-hybridized carbons (Fsp3) is 0.500. The first-order valence-electron chi connectivity index (χ1n) is 10.5. The number of morpholine rings is 1. The smallest absolute Gasteiger partial charge is 0.280 e. The van der Waals surface area contributed by atoms with Gasteiger partial charge in [0.15, 0.2) is 10.8 Å². The Morgan fingerprint density at radius 1 is 1.20 bits per heavy atom. The maximum atomic E-state index is 13.5. The predicted octanol–water partition coefficient (Wildman–Crippen LogP) is 3.42. The second kappa shape index (κ2) is 8.83. The van der Waals surface area contributed by atoms with Crippen molar-refractivity contribution in [2.75, 3.05) is 44.3 Å². The largest absolute Gasteiger partial charge is 0.379 e. The summed E-state index contributed by atoms with van der Waals surface area (Å²) >= 11 is 1.58. The molecule has 1 amide bonds. The molecule has 0 radical (unpaired) electrons. The summed E-state index contributed by atoms with van der Waals surface area (Å²) in [6.45, 7) is 13.6. The molecular weight excluding hydrogens is 398 g/mol. The fourth-order valence-corrected chi connectivity index (χ4v) is 4.94. The van der Waals surface area contributed by atoms with E-state index in [2.05, 4.69) is 36.0 Å². The van der Waals surface area contributed by atoms with Crippen molar-refractivity contribution in [1.82, 2.24) is 19.7 Å². The number of aromatic nitrogens is 3. The zero-order valence-electron chi connectivity index (χ0n) is 18.1. The predicted molar refractivity (Wildman–Crippen MR) is 121 cm³/mol. The van der Waals surface area contributed by atoms with Crippen molar-refractivity contribution in [3.05, 3.63) is 40.7 Å². The normalized spacial score (nSPS) is 15.1. The molecule has 0 aliphatic carbocycles. The van der Waals surface area contributed by atoms with Gasteiger partial charge < -0.3 is 4.74 Å². The van der Waals surface area contributed by atoms with Gasteiger partial charge in [0.1, 0.15) is 0 Å². The van der Waals surface area contributed by atoms with Gasteiger partial charge in [-0.25, -0.2) is 4.98 Å². The highest BCUT2D eigenvalue weighted by atomic mass is 32.1. The molecule has 3 heterocycles. The van der Waals surface area contributed by atoms with Crippen molar-refractivity contribution in [3.8, 4) is 0 Å². The van der Waals surface area contributed by atoms with Gasteiger partial charge in [0.2, 0.25) is 0 Å². The van der Waals surface area contributed by atoms with Gasteiger partial charge in [-0.05, 0) is 51.0 Å². The summed E-state index contributed by atoms with van der Waals surface area (Å²) in [5.74, 6) is -0.0907. The monoisotopic (exact) mass is 427 g/mol. The second-order valence-corrected chi connectivity index (χ2v) is 8.80. The SMILES string of the molecule is CCn1nc(C(=O)N(CCN2CCOCC2)c2nc3cc(C)cc(C)c3s2)cc1C. The van der Waals surface area contributed by atoms with Crippen LogP contribution in [0.4, 0.5) is 5.13 Å². The minimum Gasteiger partial charge on any atom is -0.379 e. The molecule has 4 rings (SSSR count). The van der Waals surface area contributed by atoms with Crippen LogP contribution in [0.5, 0.6) is 0 Å². The topological polar surface area (TPSA) is 63.5 Å². The van der Waals surface area contributed by atoms with Crippen molar-refractivity contribution in [2.45, 2.75) is 34.2 Å². The zero-order chi connectivity index (χ0) is 21.3. The van der Waals surface area contributed by atoms with Crippen LogP contribution >= 0.6 is 11.3 Å². The molecule has 0 saturated carbocycles. The van der Waals surface area contributed by atoms with E-state index in [1.165, 1.54) is 11.1 Å². The van der Waals surface area contributed by atoms with E-state index in [1.54, 1.807) is 16.2 Å². The molecule has 1 aromatic carbocycles. The molecule has 0 unspecified atom stereocenters. The lowest BCUT2D eigenvalue weighted by molar-refractivity contribution is 0.0391. The summed E-state index contributed by atoms with van der Waals surface area (Å²) < 4.78 is 8.45. The minimum absolute atomic E-state index is 0.0907. The molecule has 1 fully saturated rings. The molecule has 3 aromatic rings. The summed E-state index contributed by atoms with van der Waals surface area (Å²) in [5, 5.41) is 5.26. The molecule has 0 bridgehead atoms. The fourth-order valence-electron chi connectivity index (χ4n) is 3.90. The van der Waals surface area contributed by atoms with Crippen LogP contribution in [0.25, 0.3) is 10.2 Å². The van der Waals surface area contributed by atoms with E-state index in [9.17, 15) is 4.79 Å². The van der Waals surface area contributed by atoms with Gasteiger partial charge in [-0.2, -0.15) is 5.10 Å². The maximum absolute atomic E-state index is 13.5. The number of nitrogens with zero attached hydrogens (tertiary/aromatic N) is 5. The molecule has 1 aliphatic rings. The first kappa shape index (κ1) is 21.0. The van der Waals surface area contributed by atoms with Crippen LogP contribution < -0.4 is 4.90 Å². The zero-order valence-corrected chi connectivity index (χ0v) is 19.0. The van der Waals surface area contributed by atoms with Crippen LogP contribution in [-0.2, 0) is 11.3 Å². The Labute approximate surface area is 181 Å². The molecule has 160 valence electrons. The van der Waals surface area contributed by atoms with Gasteiger partial charge in [-0.15, -0.1) is 0 Å². The Bertz CT molecular complexity index is 1050. The van der Waals surface area contributed by atoms with Crippen molar-refractivity contribution in [3.63, 3.8) is 0 Å². The van der Waals surface area contributed by atoms with E-state index in [0.717, 1.165) is 60.4 Å². The van der Waals surface area contributed by atoms with Crippen LogP contribution in [0.15, 0.2) is 18.2 Å². The number of aryl methyl sites for hydroxylation is 4. The molecule has 1 saturated heterocycles. The number of benzene rings is 1. The lowest BCUT2D eigenvalue weighted by Gasteiger charge is -2.29. The van der Waals surface area contributed by atoms with E-state index < -0.39 is 0 Å². The Hall–Kier alpha value is -2.29. The van der Waals surface area contributed by atoms with Crippen LogP contribution in [0.3, 0.4) is 0 Å². The number of thiazole rings is 1. The van der Waals surface area contributed by atoms with Gasteiger partial charge >= 0.3 is 0 Å². The molecule has 8 heteroatoms. The van der Waals surface area contributed by atoms with Gasteiger partial charge in [0.05, 0.1) is 23.4 Å². The quantitative estimate of drug-likeness (QED) is 0.603. The third kappa shape index (κ3) is 4.26. The molecule has 1 aliphatic heterocycles. The Morgan fingerprint density at radius 2 is 1.97 bits per heavy atom. The average molecular weight is 428 g/mol. The number of carbonyl (C=O) groups excluding carboxylic acids is 1. The number of fused-ring (bicyclic) bond motifs is 1. The Morgan fingerprint density at radius 3 is 2.67 bits per heavy atom. The van der Waals surface area contributed by atoms with Crippen molar-refractivity contribution >= 4 is 32.6 Å². The molecule has 0 atom stereocenters. The van der Waals surface area contributed by atoms with Crippen LogP contribution in [0, 0.1) is 20.8 Å². The number of hydrogen-bond acceptors (Lipinski definition) is 6. The number of amides is 1. The lowest BCUT2D eigenvalue weighted by atomic mass is 10.1. The third-order valence-electron chi connectivity index (χ3n) is 5.53. The molecule has 2 aromatic heterocycles. The standard InChI is InChI=1S/C22H29N5O2S/c1-5-27-17(4)14-19(24-27)21(28)26(7-6-25-8-10-29-11-9-25)22-23-18-13-15(2)12-16(3)20(18)30-22/h12-14H,5-11H2,1-4H3. The third-order valence-corrected chi connectivity index (χ3v) is 6.76. The molecule has 0 spiro atoms. The summed E-state index contributed by atoms with van der Waals surface area (Å²) in [5.41, 5.74) is 4.79. The summed E-state index contributed by atoms with van der Waals surface area (Å²) in [7, 11) is 0. The minimum atomic E-state index is -0.0907. The van der Waals surface area contributed by atoms with Crippen LogP contribution in [0.1, 0.15) is 34.2 Å². The number of carbonyl (C=O) groups is 1. The molecule has 7 nitrogen and oxygen atoms in total. The van der Waals surface area contributed by atoms with E-state index in [4.69, 9.17) is 9.72 Å². The first-order valence-corrected chi connectivity index (χ1v) is 11.3.